The summed E-state index contributed by atoms with van der Waals surface area (Å²) in [5, 5.41) is 0. The van der Waals surface area contributed by atoms with Crippen LogP contribution in [0.25, 0.3) is 0 Å². The molecule has 0 radical (unpaired) electrons. The molecule has 0 N–H and O–H groups in total. The minimum atomic E-state index is -0.870. The fourth-order valence-electron chi connectivity index (χ4n) is 4.48. The second-order valence-electron chi connectivity index (χ2n) is 7.55. The molecular formula is C21H28F2O. The average Bonchev–Trinajstić information content (AvgIpc) is 2.63. The average molecular weight is 334 g/mol. The molecule has 0 bridgehead atoms. The third kappa shape index (κ3) is 4.17. The molecule has 0 spiro atoms. The van der Waals surface area contributed by atoms with Crippen molar-refractivity contribution in [1.82, 2.24) is 0 Å². The highest BCUT2D eigenvalue weighted by atomic mass is 19.2. The van der Waals surface area contributed by atoms with E-state index in [0.29, 0.717) is 12.5 Å². The van der Waals surface area contributed by atoms with E-state index in [1.807, 2.05) is 0 Å². The Balaban J connectivity index is 1.42. The largest absolute Gasteiger partial charge is 0.490 e. The van der Waals surface area contributed by atoms with Crippen molar-refractivity contribution in [1.29, 1.82) is 0 Å². The lowest BCUT2D eigenvalue weighted by Crippen LogP contribution is -2.27. The quantitative estimate of drug-likeness (QED) is 0.587. The van der Waals surface area contributed by atoms with Gasteiger partial charge in [-0.05, 0) is 87.2 Å². The van der Waals surface area contributed by atoms with Crippen LogP contribution in [0, 0.1) is 35.3 Å². The van der Waals surface area contributed by atoms with Gasteiger partial charge in [-0.25, -0.2) is 4.39 Å². The van der Waals surface area contributed by atoms with Crippen molar-refractivity contribution in [3.8, 4) is 5.75 Å². The van der Waals surface area contributed by atoms with Crippen molar-refractivity contribution in [2.24, 2.45) is 23.7 Å². The van der Waals surface area contributed by atoms with Crippen molar-refractivity contribution in [3.63, 3.8) is 0 Å². The monoisotopic (exact) mass is 334 g/mol. The Morgan fingerprint density at radius 3 is 2.21 bits per heavy atom. The van der Waals surface area contributed by atoms with E-state index in [2.05, 4.69) is 12.7 Å². The topological polar surface area (TPSA) is 9.23 Å². The van der Waals surface area contributed by atoms with Crippen LogP contribution in [-0.4, -0.2) is 6.61 Å². The van der Waals surface area contributed by atoms with Crippen molar-refractivity contribution in [3.05, 3.63) is 42.5 Å². The van der Waals surface area contributed by atoms with Gasteiger partial charge in [-0.3, -0.25) is 0 Å². The summed E-state index contributed by atoms with van der Waals surface area (Å²) >= 11 is 0. The normalized spacial score (nSPS) is 30.8. The number of ether oxygens (including phenoxy) is 1. The smallest absolute Gasteiger partial charge is 0.200 e. The Bertz CT molecular complexity index is 541. The van der Waals surface area contributed by atoms with E-state index in [-0.39, 0.29) is 5.75 Å². The summed E-state index contributed by atoms with van der Waals surface area (Å²) in [6.07, 6.45) is 12.2. The predicted octanol–water partition coefficient (Wildman–Crippen LogP) is 6.14. The summed E-state index contributed by atoms with van der Waals surface area (Å²) in [5.41, 5.74) is 0. The van der Waals surface area contributed by atoms with Crippen molar-refractivity contribution in [2.45, 2.75) is 51.4 Å². The van der Waals surface area contributed by atoms with Gasteiger partial charge in [0.05, 0.1) is 6.61 Å². The van der Waals surface area contributed by atoms with Crippen LogP contribution in [0.4, 0.5) is 8.78 Å². The molecule has 24 heavy (non-hydrogen) atoms. The molecule has 132 valence electrons. The van der Waals surface area contributed by atoms with Crippen molar-refractivity contribution >= 4 is 0 Å². The molecule has 0 aromatic heterocycles. The summed E-state index contributed by atoms with van der Waals surface area (Å²) in [6, 6.07) is 4.11. The predicted molar refractivity (Wildman–Crippen MR) is 92.9 cm³/mol. The molecule has 3 rings (SSSR count). The second kappa shape index (κ2) is 8.13. The van der Waals surface area contributed by atoms with Crippen LogP contribution in [0.3, 0.4) is 0 Å². The lowest BCUT2D eigenvalue weighted by molar-refractivity contribution is 0.127. The number of benzene rings is 1. The molecule has 2 saturated carbocycles. The molecule has 0 amide bonds. The van der Waals surface area contributed by atoms with Gasteiger partial charge < -0.3 is 4.74 Å². The van der Waals surface area contributed by atoms with Gasteiger partial charge in [-0.15, -0.1) is 6.58 Å². The van der Waals surface area contributed by atoms with E-state index < -0.39 is 11.6 Å². The number of allylic oxidation sites excluding steroid dienone is 1. The van der Waals surface area contributed by atoms with Crippen LogP contribution in [0.5, 0.6) is 5.75 Å². The zero-order valence-electron chi connectivity index (χ0n) is 14.4. The van der Waals surface area contributed by atoms with Crippen molar-refractivity contribution in [2.75, 3.05) is 6.61 Å². The third-order valence-electron chi connectivity index (χ3n) is 6.10. The molecule has 2 fully saturated rings. The van der Waals surface area contributed by atoms with Crippen LogP contribution in [0.2, 0.25) is 0 Å². The van der Waals surface area contributed by atoms with Gasteiger partial charge in [0.15, 0.2) is 11.6 Å². The van der Waals surface area contributed by atoms with Gasteiger partial charge in [0.2, 0.25) is 5.82 Å². The van der Waals surface area contributed by atoms with Gasteiger partial charge in [0.1, 0.15) is 0 Å². The van der Waals surface area contributed by atoms with Crippen molar-refractivity contribution < 1.29 is 13.5 Å². The van der Waals surface area contributed by atoms with E-state index >= 15 is 0 Å². The van der Waals surface area contributed by atoms with E-state index in [1.165, 1.54) is 50.7 Å². The Hall–Kier alpha value is -1.38. The molecule has 2 aliphatic rings. The molecule has 0 aliphatic heterocycles. The molecule has 0 saturated heterocycles. The Morgan fingerprint density at radius 2 is 1.58 bits per heavy atom. The third-order valence-corrected chi connectivity index (χ3v) is 6.10. The summed E-state index contributed by atoms with van der Waals surface area (Å²) < 4.78 is 32.3. The maximum Gasteiger partial charge on any atom is 0.200 e. The van der Waals surface area contributed by atoms with Gasteiger partial charge in [-0.2, -0.15) is 4.39 Å². The minimum absolute atomic E-state index is 0.0415. The van der Waals surface area contributed by atoms with Crippen LogP contribution >= 0.6 is 0 Å². The Kier molecular flexibility index (Phi) is 5.91. The van der Waals surface area contributed by atoms with Gasteiger partial charge in [-0.1, -0.05) is 12.1 Å². The summed E-state index contributed by atoms with van der Waals surface area (Å²) in [4.78, 5) is 0. The molecule has 2 aliphatic carbocycles. The summed E-state index contributed by atoms with van der Waals surface area (Å²) in [6.45, 7) is 4.42. The second-order valence-corrected chi connectivity index (χ2v) is 7.55. The molecule has 1 aromatic carbocycles. The first-order chi connectivity index (χ1) is 11.7. The van der Waals surface area contributed by atoms with E-state index in [9.17, 15) is 8.78 Å². The Morgan fingerprint density at radius 1 is 0.958 bits per heavy atom. The highest BCUT2D eigenvalue weighted by Crippen LogP contribution is 2.41. The Labute approximate surface area is 144 Å². The zero-order chi connectivity index (χ0) is 16.9. The summed E-state index contributed by atoms with van der Waals surface area (Å²) in [5.74, 6) is 1.25. The molecule has 1 nitrogen and oxygen atoms in total. The first kappa shape index (κ1) is 17.4. The maximum atomic E-state index is 13.6. The standard InChI is InChI=1S/C21H28F2O/c1-2-15-6-10-17(11-7-15)18-12-8-16(9-13-18)14-24-20-5-3-4-19(22)21(20)23/h2-5,15-18H,1,6-14H2/t15-,16-,17-,18-. The maximum absolute atomic E-state index is 13.6. The molecule has 3 heteroatoms. The lowest BCUT2D eigenvalue weighted by Gasteiger charge is -2.37. The van der Waals surface area contributed by atoms with E-state index in [1.54, 1.807) is 0 Å². The summed E-state index contributed by atoms with van der Waals surface area (Å²) in [7, 11) is 0. The van der Waals surface area contributed by atoms with Crippen LogP contribution < -0.4 is 4.74 Å². The fourth-order valence-corrected chi connectivity index (χ4v) is 4.48. The molecule has 0 atom stereocenters. The van der Waals surface area contributed by atoms with Gasteiger partial charge in [0, 0.05) is 0 Å². The van der Waals surface area contributed by atoms with Crippen LogP contribution in [-0.2, 0) is 0 Å². The zero-order valence-corrected chi connectivity index (χ0v) is 14.4. The molecule has 0 heterocycles. The highest BCUT2D eigenvalue weighted by Gasteiger charge is 2.30. The SMILES string of the molecule is C=C[C@H]1CC[C@H]([C@H]2CC[C@H](COc3cccc(F)c3F)CC2)CC1. The van der Waals surface area contributed by atoms with E-state index in [0.717, 1.165) is 36.7 Å². The van der Waals surface area contributed by atoms with Crippen LogP contribution in [0.1, 0.15) is 51.4 Å². The number of hydrogen-bond acceptors (Lipinski definition) is 1. The van der Waals surface area contributed by atoms with Crippen LogP contribution in [0.15, 0.2) is 30.9 Å². The number of halogens is 2. The minimum Gasteiger partial charge on any atom is -0.490 e. The fraction of sp³-hybridized carbons (Fsp3) is 0.619. The number of rotatable bonds is 5. The number of hydrogen-bond donors (Lipinski definition) is 0. The van der Waals surface area contributed by atoms with Gasteiger partial charge >= 0.3 is 0 Å². The first-order valence-electron chi connectivity index (χ1n) is 9.36. The molecule has 0 unspecified atom stereocenters. The highest BCUT2D eigenvalue weighted by molar-refractivity contribution is 5.25. The van der Waals surface area contributed by atoms with E-state index in [4.69, 9.17) is 4.74 Å². The first-order valence-corrected chi connectivity index (χ1v) is 9.36. The van der Waals surface area contributed by atoms with Gasteiger partial charge in [0.25, 0.3) is 0 Å². The molecular weight excluding hydrogens is 306 g/mol. The lowest BCUT2D eigenvalue weighted by atomic mass is 9.69. The molecule has 1 aromatic rings.